The fourth-order valence-electron chi connectivity index (χ4n) is 3.66. The SMILES string of the molecule is C=C/C=C(\C=C/CNC(=O)CCN1CCCCC1)c1nc2ccc(C)cc2[nH]1.CC.CC1CC1. The first-order chi connectivity index (χ1) is 16.5. The summed E-state index contributed by atoms with van der Waals surface area (Å²) in [6, 6.07) is 6.16. The summed E-state index contributed by atoms with van der Waals surface area (Å²) in [6.45, 7) is 15.7. The van der Waals surface area contributed by atoms with Gasteiger partial charge in [0.2, 0.25) is 5.91 Å². The van der Waals surface area contributed by atoms with Crippen molar-refractivity contribution in [3.8, 4) is 0 Å². The van der Waals surface area contributed by atoms with E-state index in [9.17, 15) is 4.79 Å². The van der Waals surface area contributed by atoms with Crippen LogP contribution in [0.5, 0.6) is 0 Å². The molecule has 2 N–H and O–H groups in total. The van der Waals surface area contributed by atoms with Gasteiger partial charge in [-0.1, -0.05) is 77.0 Å². The lowest BCUT2D eigenvalue weighted by Crippen LogP contribution is -2.34. The number of carbonyl (C=O) groups is 1. The van der Waals surface area contributed by atoms with E-state index in [1.54, 1.807) is 6.08 Å². The van der Waals surface area contributed by atoms with Gasteiger partial charge in [0, 0.05) is 25.1 Å². The Kier molecular flexibility index (Phi) is 12.4. The first-order valence-corrected chi connectivity index (χ1v) is 13.0. The van der Waals surface area contributed by atoms with E-state index in [1.165, 1.54) is 37.7 Å². The second-order valence-electron chi connectivity index (χ2n) is 9.00. The molecule has 0 spiro atoms. The van der Waals surface area contributed by atoms with Crippen molar-refractivity contribution in [2.45, 2.75) is 66.2 Å². The minimum Gasteiger partial charge on any atom is -0.353 e. The van der Waals surface area contributed by atoms with Crippen molar-refractivity contribution < 1.29 is 4.79 Å². The number of H-pyrrole nitrogens is 1. The zero-order chi connectivity index (χ0) is 24.8. The van der Waals surface area contributed by atoms with E-state index in [-0.39, 0.29) is 5.91 Å². The highest BCUT2D eigenvalue weighted by molar-refractivity contribution is 5.82. The molecule has 2 aromatic rings. The largest absolute Gasteiger partial charge is 0.353 e. The molecule has 4 rings (SSSR count). The maximum atomic E-state index is 12.1. The van der Waals surface area contributed by atoms with Gasteiger partial charge < -0.3 is 15.2 Å². The van der Waals surface area contributed by atoms with Crippen molar-refractivity contribution in [2.24, 2.45) is 5.92 Å². The molecule has 1 aliphatic heterocycles. The predicted molar refractivity (Wildman–Crippen MR) is 146 cm³/mol. The van der Waals surface area contributed by atoms with E-state index in [4.69, 9.17) is 0 Å². The number of nitrogens with zero attached hydrogens (tertiary/aromatic N) is 2. The molecule has 0 atom stereocenters. The Morgan fingerprint density at radius 1 is 1.24 bits per heavy atom. The van der Waals surface area contributed by atoms with Crippen molar-refractivity contribution in [3.05, 3.63) is 60.5 Å². The van der Waals surface area contributed by atoms with Crippen LogP contribution in [0.2, 0.25) is 0 Å². The molecule has 2 fully saturated rings. The summed E-state index contributed by atoms with van der Waals surface area (Å²) in [5.74, 6) is 1.98. The van der Waals surface area contributed by atoms with Gasteiger partial charge >= 0.3 is 0 Å². The fourth-order valence-corrected chi connectivity index (χ4v) is 3.66. The molecule has 1 saturated heterocycles. The Hall–Kier alpha value is -2.66. The van der Waals surface area contributed by atoms with E-state index in [0.29, 0.717) is 13.0 Å². The highest BCUT2D eigenvalue weighted by Crippen LogP contribution is 2.26. The lowest BCUT2D eigenvalue weighted by molar-refractivity contribution is -0.121. The third-order valence-electron chi connectivity index (χ3n) is 5.89. The van der Waals surface area contributed by atoms with Gasteiger partial charge in [-0.3, -0.25) is 4.79 Å². The van der Waals surface area contributed by atoms with E-state index in [1.807, 2.05) is 38.1 Å². The monoisotopic (exact) mass is 464 g/mol. The number of allylic oxidation sites excluding steroid dienone is 4. The normalized spacial score (nSPS) is 16.4. The molecule has 1 aromatic carbocycles. The Bertz CT molecular complexity index is 946. The molecule has 1 aromatic heterocycles. The summed E-state index contributed by atoms with van der Waals surface area (Å²) in [6.07, 6.45) is 14.9. The third-order valence-corrected chi connectivity index (χ3v) is 5.89. The zero-order valence-electron chi connectivity index (χ0n) is 21.7. The first kappa shape index (κ1) is 27.6. The Balaban J connectivity index is 0.000000603. The molecule has 2 aliphatic rings. The van der Waals surface area contributed by atoms with Crippen LogP contribution >= 0.6 is 0 Å². The van der Waals surface area contributed by atoms with Crippen molar-refractivity contribution in [3.63, 3.8) is 0 Å². The van der Waals surface area contributed by atoms with Crippen LogP contribution in [0.4, 0.5) is 0 Å². The van der Waals surface area contributed by atoms with Gasteiger partial charge in [-0.25, -0.2) is 4.98 Å². The van der Waals surface area contributed by atoms with Crippen LogP contribution in [0.1, 0.15) is 70.7 Å². The van der Waals surface area contributed by atoms with Gasteiger partial charge in [0.1, 0.15) is 5.82 Å². The number of hydrogen-bond acceptors (Lipinski definition) is 3. The van der Waals surface area contributed by atoms with Crippen LogP contribution < -0.4 is 5.32 Å². The molecule has 34 heavy (non-hydrogen) atoms. The van der Waals surface area contributed by atoms with Crippen molar-refractivity contribution in [2.75, 3.05) is 26.2 Å². The van der Waals surface area contributed by atoms with Crippen molar-refractivity contribution >= 4 is 22.5 Å². The molecular formula is C29H44N4O. The average Bonchev–Trinajstić information content (AvgIpc) is 3.53. The summed E-state index contributed by atoms with van der Waals surface area (Å²) >= 11 is 0. The molecule has 1 aliphatic carbocycles. The number of aryl methyl sites for hydroxylation is 1. The number of aromatic amines is 1. The van der Waals surface area contributed by atoms with Gasteiger partial charge in [0.15, 0.2) is 0 Å². The minimum atomic E-state index is 0.101. The summed E-state index contributed by atoms with van der Waals surface area (Å²) < 4.78 is 0. The molecule has 2 heterocycles. The number of fused-ring (bicyclic) bond motifs is 1. The Morgan fingerprint density at radius 3 is 2.59 bits per heavy atom. The number of likely N-dealkylation sites (tertiary alicyclic amines) is 1. The number of amides is 1. The summed E-state index contributed by atoms with van der Waals surface area (Å²) in [5, 5.41) is 2.97. The van der Waals surface area contributed by atoms with Crippen LogP contribution in [0.15, 0.2) is 49.1 Å². The molecule has 0 unspecified atom stereocenters. The highest BCUT2D eigenvalue weighted by Gasteiger charge is 2.13. The quantitative estimate of drug-likeness (QED) is 0.442. The van der Waals surface area contributed by atoms with Gasteiger partial charge in [-0.2, -0.15) is 0 Å². The fraction of sp³-hybridized carbons (Fsp3) is 0.517. The highest BCUT2D eigenvalue weighted by atomic mass is 16.1. The maximum Gasteiger partial charge on any atom is 0.221 e. The van der Waals surface area contributed by atoms with Crippen molar-refractivity contribution in [1.29, 1.82) is 0 Å². The van der Waals surface area contributed by atoms with E-state index in [2.05, 4.69) is 52.7 Å². The van der Waals surface area contributed by atoms with Crippen LogP contribution in [-0.4, -0.2) is 47.0 Å². The van der Waals surface area contributed by atoms with Gasteiger partial charge in [-0.15, -0.1) is 0 Å². The minimum absolute atomic E-state index is 0.101. The Morgan fingerprint density at radius 2 is 1.94 bits per heavy atom. The number of imidazole rings is 1. The number of hydrogen-bond donors (Lipinski definition) is 2. The lowest BCUT2D eigenvalue weighted by Gasteiger charge is -2.25. The number of nitrogens with one attached hydrogen (secondary N) is 2. The van der Waals surface area contributed by atoms with E-state index in [0.717, 1.165) is 48.0 Å². The van der Waals surface area contributed by atoms with E-state index >= 15 is 0 Å². The predicted octanol–water partition coefficient (Wildman–Crippen LogP) is 6.43. The zero-order valence-corrected chi connectivity index (χ0v) is 21.7. The standard InChI is InChI=1S/C23H30N4O.C4H8.C2H6/c1-3-8-19(23-25-20-11-10-18(2)17-21(20)26-23)9-7-13-24-22(28)12-16-27-14-5-4-6-15-27;1-4-2-3-4;1-2/h3,7-11,17H,1,4-6,12-16H2,2H3,(H,24,28)(H,25,26);4H,2-3H2,1H3;1-2H3/b9-7-,19-8+;;. The maximum absolute atomic E-state index is 12.1. The molecule has 0 bridgehead atoms. The number of piperidine rings is 1. The molecule has 1 amide bonds. The molecular weight excluding hydrogens is 420 g/mol. The molecule has 0 radical (unpaired) electrons. The lowest BCUT2D eigenvalue weighted by atomic mass is 10.1. The topological polar surface area (TPSA) is 61.0 Å². The van der Waals surface area contributed by atoms with Crippen LogP contribution in [-0.2, 0) is 4.79 Å². The second kappa shape index (κ2) is 15.3. The molecule has 186 valence electrons. The number of rotatable bonds is 8. The van der Waals surface area contributed by atoms with Crippen LogP contribution in [0.3, 0.4) is 0 Å². The molecule has 1 saturated carbocycles. The first-order valence-electron chi connectivity index (χ1n) is 13.0. The van der Waals surface area contributed by atoms with Gasteiger partial charge in [0.25, 0.3) is 0 Å². The second-order valence-corrected chi connectivity index (χ2v) is 9.00. The van der Waals surface area contributed by atoms with Crippen molar-refractivity contribution in [1.82, 2.24) is 20.2 Å². The van der Waals surface area contributed by atoms with Crippen LogP contribution in [0, 0.1) is 12.8 Å². The van der Waals surface area contributed by atoms with Gasteiger partial charge in [-0.05, 0) is 56.5 Å². The number of aromatic nitrogens is 2. The summed E-state index contributed by atoms with van der Waals surface area (Å²) in [7, 11) is 0. The summed E-state index contributed by atoms with van der Waals surface area (Å²) in [5.41, 5.74) is 4.09. The number of carbonyl (C=O) groups excluding carboxylic acids is 1. The van der Waals surface area contributed by atoms with Crippen LogP contribution in [0.25, 0.3) is 16.6 Å². The number of benzene rings is 1. The van der Waals surface area contributed by atoms with E-state index < -0.39 is 0 Å². The molecule has 5 nitrogen and oxygen atoms in total. The average molecular weight is 465 g/mol. The summed E-state index contributed by atoms with van der Waals surface area (Å²) in [4.78, 5) is 22.4. The third kappa shape index (κ3) is 10.1. The molecule has 5 heteroatoms. The Labute approximate surface area is 206 Å². The smallest absolute Gasteiger partial charge is 0.221 e. The van der Waals surface area contributed by atoms with Gasteiger partial charge in [0.05, 0.1) is 11.0 Å².